The molecule has 0 aromatic heterocycles. The molecule has 0 saturated heterocycles. The lowest BCUT2D eigenvalue weighted by atomic mass is 10.3. The number of nitro groups is 1. The molecule has 0 bridgehead atoms. The van der Waals surface area contributed by atoms with E-state index in [1.54, 1.807) is 0 Å². The van der Waals surface area contributed by atoms with Crippen molar-refractivity contribution in [3.05, 3.63) is 33.3 Å². The van der Waals surface area contributed by atoms with Crippen molar-refractivity contribution in [3.8, 4) is 0 Å². The van der Waals surface area contributed by atoms with Gasteiger partial charge in [-0.2, -0.15) is 13.2 Å². The van der Waals surface area contributed by atoms with Crippen LogP contribution in [0.1, 0.15) is 6.42 Å². The van der Waals surface area contributed by atoms with E-state index in [1.807, 2.05) is 0 Å². The number of hydrogen-bond donors (Lipinski definition) is 0. The fraction of sp³-hybridized carbons (Fsp3) is 0.400. The summed E-state index contributed by atoms with van der Waals surface area (Å²) in [7, 11) is -3.30. The Kier molecular flexibility index (Phi) is 5.18. The molecule has 1 rings (SSSR count). The van der Waals surface area contributed by atoms with Gasteiger partial charge in [0, 0.05) is 19.7 Å². The van der Waals surface area contributed by atoms with Crippen LogP contribution in [0.3, 0.4) is 0 Å². The first-order valence-electron chi connectivity index (χ1n) is 5.42. The van der Waals surface area contributed by atoms with Crippen molar-refractivity contribution in [2.45, 2.75) is 17.5 Å². The van der Waals surface area contributed by atoms with E-state index in [0.717, 1.165) is 19.2 Å². The van der Waals surface area contributed by atoms with Crippen LogP contribution in [0, 0.1) is 10.1 Å². The summed E-state index contributed by atoms with van der Waals surface area (Å²) in [5, 5.41) is 10.4. The number of hydrogen-bond acceptors (Lipinski definition) is 4. The highest BCUT2D eigenvalue weighted by Gasteiger charge is 2.31. The van der Waals surface area contributed by atoms with Crippen molar-refractivity contribution >= 4 is 27.3 Å². The number of nitro benzene ring substituents is 1. The molecule has 11 heteroatoms. The van der Waals surface area contributed by atoms with Gasteiger partial charge in [-0.15, -0.1) is 0 Å². The summed E-state index contributed by atoms with van der Waals surface area (Å²) in [6, 6.07) is 2.71. The smallest absolute Gasteiger partial charge is 0.258 e. The van der Waals surface area contributed by atoms with E-state index >= 15 is 0 Å². The first kappa shape index (κ1) is 17.7. The predicted molar refractivity (Wildman–Crippen MR) is 68.6 cm³/mol. The molecule has 0 radical (unpaired) electrons. The Balaban J connectivity index is 3.08. The second-order valence-corrected chi connectivity index (χ2v) is 6.51. The summed E-state index contributed by atoms with van der Waals surface area (Å²) in [5.74, 6) is 0. The molecule has 0 spiro atoms. The maximum absolute atomic E-state index is 12.1. The quantitative estimate of drug-likeness (QED) is 0.606. The number of benzene rings is 1. The van der Waals surface area contributed by atoms with E-state index in [2.05, 4.69) is 0 Å². The molecule has 0 aliphatic heterocycles. The van der Waals surface area contributed by atoms with Gasteiger partial charge in [0.25, 0.3) is 5.69 Å². The van der Waals surface area contributed by atoms with Gasteiger partial charge in [0.05, 0.1) is 16.2 Å². The average molecular weight is 347 g/mol. The van der Waals surface area contributed by atoms with Gasteiger partial charge in [0.2, 0.25) is 10.0 Å². The number of alkyl halides is 3. The third kappa shape index (κ3) is 4.55. The Morgan fingerprint density at radius 2 is 1.95 bits per heavy atom. The highest BCUT2D eigenvalue weighted by molar-refractivity contribution is 7.89. The first-order valence-corrected chi connectivity index (χ1v) is 7.24. The molecule has 0 amide bonds. The van der Waals surface area contributed by atoms with Crippen LogP contribution in [-0.4, -0.2) is 37.4 Å². The van der Waals surface area contributed by atoms with Crippen LogP contribution in [0.4, 0.5) is 18.9 Å². The lowest BCUT2D eigenvalue weighted by Crippen LogP contribution is -2.30. The van der Waals surface area contributed by atoms with Crippen LogP contribution in [0.25, 0.3) is 0 Å². The zero-order valence-corrected chi connectivity index (χ0v) is 12.2. The predicted octanol–water partition coefficient (Wildman–Crippen LogP) is 2.82. The lowest BCUT2D eigenvalue weighted by Gasteiger charge is -2.18. The van der Waals surface area contributed by atoms with Crippen LogP contribution in [-0.2, 0) is 10.0 Å². The van der Waals surface area contributed by atoms with Gasteiger partial charge in [-0.1, -0.05) is 11.6 Å². The minimum absolute atomic E-state index is 0.267. The number of halogens is 4. The normalized spacial score (nSPS) is 12.7. The Morgan fingerprint density at radius 3 is 2.43 bits per heavy atom. The molecule has 0 atom stereocenters. The molecule has 21 heavy (non-hydrogen) atoms. The van der Waals surface area contributed by atoms with Crippen molar-refractivity contribution in [1.29, 1.82) is 0 Å². The van der Waals surface area contributed by atoms with Gasteiger partial charge in [-0.3, -0.25) is 10.1 Å². The largest absolute Gasteiger partial charge is 0.390 e. The standard InChI is InChI=1S/C10H10ClF3N2O4S/c1-15(5-4-10(12,13)14)21(19,20)7-2-3-8(11)9(6-7)16(17)18/h2-3,6H,4-5H2,1H3. The van der Waals surface area contributed by atoms with Crippen molar-refractivity contribution < 1.29 is 26.5 Å². The third-order valence-electron chi connectivity index (χ3n) is 2.53. The number of nitrogens with zero attached hydrogens (tertiary/aromatic N) is 2. The second-order valence-electron chi connectivity index (χ2n) is 4.06. The molecule has 0 aliphatic carbocycles. The minimum atomic E-state index is -4.50. The van der Waals surface area contributed by atoms with Crippen LogP contribution in [0.5, 0.6) is 0 Å². The summed E-state index contributed by atoms with van der Waals surface area (Å²) in [4.78, 5) is 9.32. The van der Waals surface area contributed by atoms with Gasteiger partial charge in [0.1, 0.15) is 5.02 Å². The Morgan fingerprint density at radius 1 is 1.38 bits per heavy atom. The average Bonchev–Trinajstić information content (AvgIpc) is 2.34. The Labute approximate surface area is 123 Å². The lowest BCUT2D eigenvalue weighted by molar-refractivity contribution is -0.384. The van der Waals surface area contributed by atoms with Gasteiger partial charge in [-0.05, 0) is 12.1 Å². The van der Waals surface area contributed by atoms with E-state index in [-0.39, 0.29) is 5.02 Å². The highest BCUT2D eigenvalue weighted by Crippen LogP contribution is 2.29. The molecule has 0 saturated carbocycles. The fourth-order valence-corrected chi connectivity index (χ4v) is 2.76. The SMILES string of the molecule is CN(CCC(F)(F)F)S(=O)(=O)c1ccc(Cl)c([N+](=O)[O-])c1. The number of sulfonamides is 1. The van der Waals surface area contributed by atoms with Crippen LogP contribution in [0.15, 0.2) is 23.1 Å². The molecule has 0 aliphatic rings. The van der Waals surface area contributed by atoms with Gasteiger partial charge < -0.3 is 0 Å². The minimum Gasteiger partial charge on any atom is -0.258 e. The van der Waals surface area contributed by atoms with E-state index in [1.165, 1.54) is 0 Å². The summed E-state index contributed by atoms with van der Waals surface area (Å²) in [6.07, 6.45) is -5.83. The van der Waals surface area contributed by atoms with E-state index in [9.17, 15) is 31.7 Å². The van der Waals surface area contributed by atoms with Crippen molar-refractivity contribution in [2.75, 3.05) is 13.6 Å². The van der Waals surface area contributed by atoms with Crippen LogP contribution in [0.2, 0.25) is 5.02 Å². The number of rotatable bonds is 5. The molecule has 118 valence electrons. The molecule has 0 heterocycles. The molecular formula is C10H10ClF3N2O4S. The van der Waals surface area contributed by atoms with Crippen molar-refractivity contribution in [1.82, 2.24) is 4.31 Å². The summed E-state index contributed by atoms with van der Waals surface area (Å²) in [6.45, 7) is -0.789. The van der Waals surface area contributed by atoms with Gasteiger partial charge in [-0.25, -0.2) is 12.7 Å². The summed E-state index contributed by atoms with van der Waals surface area (Å²) in [5.41, 5.74) is -0.637. The zero-order valence-electron chi connectivity index (χ0n) is 10.6. The maximum Gasteiger partial charge on any atom is 0.390 e. The van der Waals surface area contributed by atoms with Crippen molar-refractivity contribution in [2.24, 2.45) is 0 Å². The summed E-state index contributed by atoms with van der Waals surface area (Å²) >= 11 is 5.54. The fourth-order valence-electron chi connectivity index (χ4n) is 1.38. The van der Waals surface area contributed by atoms with Gasteiger partial charge in [0.15, 0.2) is 0 Å². The van der Waals surface area contributed by atoms with Gasteiger partial charge >= 0.3 is 6.18 Å². The van der Waals surface area contributed by atoms with Crippen molar-refractivity contribution in [3.63, 3.8) is 0 Å². The van der Waals surface area contributed by atoms with Crippen LogP contribution < -0.4 is 0 Å². The molecule has 1 aromatic rings. The Bertz CT molecular complexity index is 648. The summed E-state index contributed by atoms with van der Waals surface area (Å²) < 4.78 is 60.8. The zero-order chi connectivity index (χ0) is 16.4. The molecule has 0 fully saturated rings. The monoisotopic (exact) mass is 346 g/mol. The maximum atomic E-state index is 12.1. The molecular weight excluding hydrogens is 337 g/mol. The van der Waals surface area contributed by atoms with E-state index in [0.29, 0.717) is 10.4 Å². The molecule has 6 nitrogen and oxygen atoms in total. The third-order valence-corrected chi connectivity index (χ3v) is 4.71. The topological polar surface area (TPSA) is 80.5 Å². The molecule has 1 aromatic carbocycles. The molecule has 0 unspecified atom stereocenters. The van der Waals surface area contributed by atoms with E-state index < -0.39 is 44.7 Å². The highest BCUT2D eigenvalue weighted by atomic mass is 35.5. The van der Waals surface area contributed by atoms with Crippen LogP contribution >= 0.6 is 11.6 Å². The first-order chi connectivity index (χ1) is 9.45. The molecule has 0 N–H and O–H groups in total. The van der Waals surface area contributed by atoms with E-state index in [4.69, 9.17) is 11.6 Å². The Hall–Kier alpha value is -1.39. The second kappa shape index (κ2) is 6.16.